The summed E-state index contributed by atoms with van der Waals surface area (Å²) < 4.78 is 0. The fourth-order valence-corrected chi connectivity index (χ4v) is 0.432. The molecule has 0 amide bonds. The Bertz CT molecular complexity index is 96.0. The normalized spacial score (nSPS) is 14.0. The highest BCUT2D eigenvalue weighted by atomic mass is 35.5. The Morgan fingerprint density at radius 1 is 1.75 bits per heavy atom. The zero-order valence-corrected chi connectivity index (χ0v) is 6.33. The van der Waals surface area contributed by atoms with Crippen LogP contribution in [-0.4, -0.2) is 34.7 Å². The lowest BCUT2D eigenvalue weighted by Crippen LogP contribution is -2.28. The molecule has 8 heavy (non-hydrogen) atoms. The maximum Gasteiger partial charge on any atom is 0.190 e. The van der Waals surface area contributed by atoms with Gasteiger partial charge in [0.1, 0.15) is 0 Å². The molecule has 4 heteroatoms. The first kappa shape index (κ1) is 8.14. The van der Waals surface area contributed by atoms with Gasteiger partial charge in [-0.15, -0.1) is 0 Å². The minimum Gasteiger partial charge on any atom is -0.500 e. The summed E-state index contributed by atoms with van der Waals surface area (Å²) in [5, 5.41) is 8.37. The highest BCUT2D eigenvalue weighted by molar-refractivity contribution is 7.80. The molecule has 0 bridgehead atoms. The number of rotatable bonds is 2. The zero-order chi connectivity index (χ0) is 6.73. The van der Waals surface area contributed by atoms with Crippen LogP contribution in [0.2, 0.25) is 0 Å². The predicted molar refractivity (Wildman–Crippen MR) is 38.6 cm³/mol. The molecule has 0 aromatic rings. The first-order valence-electron chi connectivity index (χ1n) is 2.09. The van der Waals surface area contributed by atoms with Gasteiger partial charge in [-0.3, -0.25) is 4.90 Å². The first-order chi connectivity index (χ1) is 3.55. The number of hydrogen-bond donors (Lipinski definition) is 1. The van der Waals surface area contributed by atoms with Gasteiger partial charge in [-0.05, 0) is 26.3 Å². The summed E-state index contributed by atoms with van der Waals surface area (Å²) >= 11 is 9.86. The van der Waals surface area contributed by atoms with Crippen LogP contribution < -0.4 is 0 Å². The molecule has 0 radical (unpaired) electrons. The van der Waals surface area contributed by atoms with Crippen molar-refractivity contribution in [3.63, 3.8) is 0 Å². The van der Waals surface area contributed by atoms with Gasteiger partial charge in [0.15, 0.2) is 10.6 Å². The number of thiocarbonyl (C=S) groups is 1. The van der Waals surface area contributed by atoms with Gasteiger partial charge in [-0.2, -0.15) is 0 Å². The van der Waals surface area contributed by atoms with Gasteiger partial charge in [0.05, 0.1) is 0 Å². The second-order valence-corrected chi connectivity index (χ2v) is 2.47. The highest BCUT2D eigenvalue weighted by Crippen LogP contribution is 1.99. The molecule has 0 aromatic heterocycles. The van der Waals surface area contributed by atoms with Crippen molar-refractivity contribution in [3.05, 3.63) is 0 Å². The molecule has 0 saturated heterocycles. The van der Waals surface area contributed by atoms with Crippen molar-refractivity contribution >= 4 is 28.9 Å². The van der Waals surface area contributed by atoms with Crippen LogP contribution in [0.3, 0.4) is 0 Å². The summed E-state index contributed by atoms with van der Waals surface area (Å²) in [7, 11) is 3.47. The number of alkyl halides is 1. The van der Waals surface area contributed by atoms with E-state index in [1.807, 2.05) is 0 Å². The number of aliphatic hydroxyl groups excluding tert-OH is 1. The van der Waals surface area contributed by atoms with Gasteiger partial charge < -0.3 is 5.11 Å². The molecule has 48 valence electrons. The molecule has 1 N–H and O–H groups in total. The monoisotopic (exact) mass is 153 g/mol. The average Bonchev–Trinajstić information content (AvgIpc) is 1.64. The second-order valence-electron chi connectivity index (χ2n) is 1.64. The minimum atomic E-state index is -0.537. The molecule has 0 aliphatic rings. The minimum absolute atomic E-state index is 0.184. The van der Waals surface area contributed by atoms with Gasteiger partial charge >= 0.3 is 0 Å². The number of nitrogens with zero attached hydrogens (tertiary/aromatic N) is 1. The number of halogens is 1. The fraction of sp³-hybridized carbons (Fsp3) is 0.750. The first-order valence-corrected chi connectivity index (χ1v) is 2.93. The second kappa shape index (κ2) is 3.22. The Labute approximate surface area is 59.1 Å². The summed E-state index contributed by atoms with van der Waals surface area (Å²) in [6.45, 7) is 0. The lowest BCUT2D eigenvalue weighted by Gasteiger charge is -2.13. The maximum atomic E-state index is 8.55. The summed E-state index contributed by atoms with van der Waals surface area (Å²) in [4.78, 5) is 1.61. The molecule has 0 aliphatic heterocycles. The molecule has 2 nitrogen and oxygen atoms in total. The molecule has 0 rings (SSSR count). The van der Waals surface area contributed by atoms with Gasteiger partial charge in [0.25, 0.3) is 0 Å². The molecule has 1 unspecified atom stereocenters. The lowest BCUT2D eigenvalue weighted by molar-refractivity contribution is 0.399. The third kappa shape index (κ3) is 2.45. The van der Waals surface area contributed by atoms with E-state index in [1.54, 1.807) is 19.0 Å². The van der Waals surface area contributed by atoms with E-state index in [9.17, 15) is 0 Å². The van der Waals surface area contributed by atoms with Gasteiger partial charge in [0, 0.05) is 0 Å². The molecule has 0 fully saturated rings. The summed E-state index contributed by atoms with van der Waals surface area (Å²) in [5.41, 5.74) is -0.537. The average molecular weight is 154 g/mol. The van der Waals surface area contributed by atoms with E-state index in [2.05, 4.69) is 12.2 Å². The van der Waals surface area contributed by atoms with Crippen LogP contribution in [0.25, 0.3) is 0 Å². The van der Waals surface area contributed by atoms with Crippen LogP contribution in [0.4, 0.5) is 0 Å². The van der Waals surface area contributed by atoms with Gasteiger partial charge in [-0.1, -0.05) is 11.6 Å². The number of aliphatic hydroxyl groups is 1. The van der Waals surface area contributed by atoms with Crippen molar-refractivity contribution in [1.29, 1.82) is 0 Å². The third-order valence-electron chi connectivity index (χ3n) is 0.657. The topological polar surface area (TPSA) is 23.5 Å². The number of likely N-dealkylation sites (N-methyl/N-ethyl adjacent to an activating group) is 1. The standard InChI is InChI=1S/C4H8ClNOS/c1-6(2)3(5)4(7)8/h3H,1-2H3,(H,7,8). The zero-order valence-electron chi connectivity index (χ0n) is 4.76. The van der Waals surface area contributed by atoms with Crippen LogP contribution in [0.15, 0.2) is 0 Å². The van der Waals surface area contributed by atoms with E-state index in [-0.39, 0.29) is 5.05 Å². The van der Waals surface area contributed by atoms with E-state index in [0.29, 0.717) is 0 Å². The summed E-state index contributed by atoms with van der Waals surface area (Å²) in [6.07, 6.45) is 0. The summed E-state index contributed by atoms with van der Waals surface area (Å²) in [5.74, 6) is 0. The molecular formula is C4H8ClNOS. The molecule has 0 aromatic carbocycles. The molecule has 0 heterocycles. The van der Waals surface area contributed by atoms with E-state index in [0.717, 1.165) is 0 Å². The van der Waals surface area contributed by atoms with Crippen molar-refractivity contribution in [2.45, 2.75) is 5.50 Å². The fourth-order valence-electron chi connectivity index (χ4n) is 0.221. The summed E-state index contributed by atoms with van der Waals surface area (Å²) in [6, 6.07) is 0. The largest absolute Gasteiger partial charge is 0.500 e. The molecule has 0 aliphatic carbocycles. The van der Waals surface area contributed by atoms with Gasteiger partial charge in [0.2, 0.25) is 0 Å². The Morgan fingerprint density at radius 3 is 2.12 bits per heavy atom. The van der Waals surface area contributed by atoms with E-state index in [4.69, 9.17) is 16.7 Å². The molecule has 0 saturated carbocycles. The Balaban J connectivity index is 3.64. The highest BCUT2D eigenvalue weighted by Gasteiger charge is 2.09. The predicted octanol–water partition coefficient (Wildman–Crippen LogP) is 0.998. The van der Waals surface area contributed by atoms with Crippen LogP contribution in [-0.2, 0) is 0 Å². The quantitative estimate of drug-likeness (QED) is 0.364. The van der Waals surface area contributed by atoms with Crippen molar-refractivity contribution in [3.8, 4) is 0 Å². The molecule has 1 atom stereocenters. The van der Waals surface area contributed by atoms with E-state index < -0.39 is 5.50 Å². The Hall–Kier alpha value is 0.140. The van der Waals surface area contributed by atoms with E-state index in [1.165, 1.54) is 0 Å². The third-order valence-corrected chi connectivity index (χ3v) is 1.61. The van der Waals surface area contributed by atoms with Crippen molar-refractivity contribution in [1.82, 2.24) is 4.90 Å². The van der Waals surface area contributed by atoms with Crippen LogP contribution in [0.5, 0.6) is 0 Å². The number of hydrogen-bond acceptors (Lipinski definition) is 2. The maximum absolute atomic E-state index is 8.55. The van der Waals surface area contributed by atoms with Gasteiger partial charge in [-0.25, -0.2) is 0 Å². The Morgan fingerprint density at radius 2 is 2.12 bits per heavy atom. The van der Waals surface area contributed by atoms with E-state index >= 15 is 0 Å². The van der Waals surface area contributed by atoms with Crippen LogP contribution in [0.1, 0.15) is 0 Å². The Kier molecular flexibility index (Phi) is 3.28. The SMILES string of the molecule is CN(C)C(Cl)C(O)=S. The molecular weight excluding hydrogens is 146 g/mol. The van der Waals surface area contributed by atoms with Crippen molar-refractivity contribution < 1.29 is 5.11 Å². The smallest absolute Gasteiger partial charge is 0.190 e. The lowest BCUT2D eigenvalue weighted by atomic mass is 10.6. The van der Waals surface area contributed by atoms with Crippen LogP contribution in [0, 0.1) is 0 Å². The van der Waals surface area contributed by atoms with Crippen LogP contribution >= 0.6 is 23.8 Å². The van der Waals surface area contributed by atoms with Crippen molar-refractivity contribution in [2.24, 2.45) is 0 Å². The molecule has 0 spiro atoms. The van der Waals surface area contributed by atoms with Crippen molar-refractivity contribution in [2.75, 3.05) is 14.1 Å².